The number of ether oxygens (including phenoxy) is 1. The topological polar surface area (TPSA) is 106 Å². The van der Waals surface area contributed by atoms with Crippen LogP contribution in [0.2, 0.25) is 0 Å². The van der Waals surface area contributed by atoms with Crippen molar-refractivity contribution in [3.63, 3.8) is 0 Å². The number of Topliss-reactive ketones (excluding diaryl/α,β-unsaturated/α-hetero) is 1. The molecule has 2 aromatic carbocycles. The Morgan fingerprint density at radius 3 is 2.79 bits per heavy atom. The highest BCUT2D eigenvalue weighted by atomic mass is 35.5. The van der Waals surface area contributed by atoms with E-state index in [1.165, 1.54) is 11.3 Å². The smallest absolute Gasteiger partial charge is 0.229 e. The zero-order valence-electron chi connectivity index (χ0n) is 20.4. The van der Waals surface area contributed by atoms with Gasteiger partial charge in [-0.1, -0.05) is 18.2 Å². The van der Waals surface area contributed by atoms with Crippen molar-refractivity contribution in [3.05, 3.63) is 88.2 Å². The Morgan fingerprint density at radius 1 is 1.00 bits per heavy atom. The summed E-state index contributed by atoms with van der Waals surface area (Å²) < 4.78 is 5.48. The van der Waals surface area contributed by atoms with Gasteiger partial charge in [-0.3, -0.25) is 9.59 Å². The molecule has 2 N–H and O–H groups in total. The summed E-state index contributed by atoms with van der Waals surface area (Å²) in [5, 5.41) is 8.17. The first kappa shape index (κ1) is 26.5. The molecule has 1 amide bonds. The van der Waals surface area contributed by atoms with Gasteiger partial charge in [-0.25, -0.2) is 15.0 Å². The van der Waals surface area contributed by atoms with Crippen LogP contribution in [0.4, 0.5) is 17.3 Å². The van der Waals surface area contributed by atoms with Crippen LogP contribution < -0.4 is 15.4 Å². The van der Waals surface area contributed by atoms with E-state index in [4.69, 9.17) is 9.72 Å². The fourth-order valence-corrected chi connectivity index (χ4v) is 5.67. The van der Waals surface area contributed by atoms with Crippen LogP contribution in [0.1, 0.15) is 10.4 Å². The Hall–Kier alpha value is -4.12. The molecule has 1 aliphatic heterocycles. The third-order valence-corrected chi connectivity index (χ3v) is 7.61. The van der Waals surface area contributed by atoms with E-state index >= 15 is 0 Å². The molecule has 4 heterocycles. The van der Waals surface area contributed by atoms with Crippen LogP contribution in [0.25, 0.3) is 21.8 Å². The minimum absolute atomic E-state index is 0. The average molecular weight is 576 g/mol. The number of hydrogen-bond donors (Lipinski definition) is 2. The summed E-state index contributed by atoms with van der Waals surface area (Å²) in [6, 6.07) is 19.0. The van der Waals surface area contributed by atoms with Gasteiger partial charge < -0.3 is 15.4 Å². The summed E-state index contributed by atoms with van der Waals surface area (Å²) in [4.78, 5) is 39.8. The number of nitrogens with one attached hydrogen (secondary N) is 2. The molecule has 0 aliphatic carbocycles. The molecule has 39 heavy (non-hydrogen) atoms. The van der Waals surface area contributed by atoms with Crippen molar-refractivity contribution in [1.29, 1.82) is 0 Å². The Balaban J connectivity index is 0.00000308. The maximum atomic E-state index is 12.5. The van der Waals surface area contributed by atoms with E-state index in [1.54, 1.807) is 23.0 Å². The highest BCUT2D eigenvalue weighted by Crippen LogP contribution is 2.35. The van der Waals surface area contributed by atoms with E-state index in [-0.39, 0.29) is 30.7 Å². The molecule has 0 saturated carbocycles. The lowest BCUT2D eigenvalue weighted by atomic mass is 10.0. The lowest BCUT2D eigenvalue weighted by Crippen LogP contribution is -2.20. The average Bonchev–Trinajstić information content (AvgIpc) is 3.61. The fraction of sp³-hybridized carbons (Fsp3) is 0.107. The van der Waals surface area contributed by atoms with Gasteiger partial charge in [0, 0.05) is 40.0 Å². The van der Waals surface area contributed by atoms with Crippen LogP contribution in [0.3, 0.4) is 0 Å². The monoisotopic (exact) mass is 575 g/mol. The van der Waals surface area contributed by atoms with E-state index in [1.807, 2.05) is 66.0 Å². The van der Waals surface area contributed by atoms with Crippen LogP contribution in [-0.4, -0.2) is 33.2 Å². The summed E-state index contributed by atoms with van der Waals surface area (Å²) in [6.45, 7) is 0.118. The second-order valence-electron chi connectivity index (χ2n) is 8.63. The molecule has 196 valence electrons. The van der Waals surface area contributed by atoms with Crippen molar-refractivity contribution in [3.8, 4) is 27.6 Å². The zero-order chi connectivity index (χ0) is 25.9. The molecule has 6 rings (SSSR count). The van der Waals surface area contributed by atoms with Gasteiger partial charge in [0.15, 0.2) is 5.78 Å². The number of amides is 1. The SMILES string of the molecule is Cl.O=C1COc2ccc(Nc3nccc(-c4scnc4-c4cccc(NC(=O)Cc5cccs5)c4)n3)cc2C1. The molecule has 11 heteroatoms. The zero-order valence-corrected chi connectivity index (χ0v) is 22.9. The van der Waals surface area contributed by atoms with E-state index < -0.39 is 0 Å². The number of benzene rings is 2. The molecule has 0 bridgehead atoms. The molecule has 1 aliphatic rings. The van der Waals surface area contributed by atoms with Gasteiger partial charge in [-0.2, -0.15) is 0 Å². The normalized spacial score (nSPS) is 12.2. The number of anilines is 3. The number of rotatable bonds is 7. The largest absolute Gasteiger partial charge is 0.486 e. The summed E-state index contributed by atoms with van der Waals surface area (Å²) >= 11 is 3.05. The van der Waals surface area contributed by atoms with Crippen molar-refractivity contribution < 1.29 is 14.3 Å². The molecular formula is C28H22ClN5O3S2. The Bertz CT molecular complexity index is 1640. The maximum absolute atomic E-state index is 12.5. The van der Waals surface area contributed by atoms with Gasteiger partial charge >= 0.3 is 0 Å². The number of carbonyl (C=O) groups is 2. The molecular weight excluding hydrogens is 554 g/mol. The van der Waals surface area contributed by atoms with Gasteiger partial charge in [0.25, 0.3) is 0 Å². The molecule has 0 fully saturated rings. The molecule has 8 nitrogen and oxygen atoms in total. The molecule has 3 aromatic heterocycles. The Morgan fingerprint density at radius 2 is 1.92 bits per heavy atom. The predicted molar refractivity (Wildman–Crippen MR) is 156 cm³/mol. The quantitative estimate of drug-likeness (QED) is 0.239. The summed E-state index contributed by atoms with van der Waals surface area (Å²) in [6.07, 6.45) is 2.39. The number of aromatic nitrogens is 3. The highest BCUT2D eigenvalue weighted by molar-refractivity contribution is 7.13. The Kier molecular flexibility index (Phi) is 7.97. The third-order valence-electron chi connectivity index (χ3n) is 5.88. The number of ketones is 1. The molecule has 0 radical (unpaired) electrons. The van der Waals surface area contributed by atoms with E-state index in [9.17, 15) is 9.59 Å². The van der Waals surface area contributed by atoms with Gasteiger partial charge in [0.1, 0.15) is 12.4 Å². The van der Waals surface area contributed by atoms with Crippen LogP contribution >= 0.6 is 35.1 Å². The van der Waals surface area contributed by atoms with Gasteiger partial charge in [0.05, 0.1) is 28.2 Å². The first-order chi connectivity index (χ1) is 18.6. The van der Waals surface area contributed by atoms with Crippen LogP contribution in [-0.2, 0) is 22.4 Å². The molecule has 0 saturated heterocycles. The molecule has 0 unspecified atom stereocenters. The standard InChI is InChI=1S/C28H21N5O3S2.ClH/c34-21-13-18-12-20(6-7-24(18)36-15-21)32-28-29-9-8-23(33-28)27-26(30-16-38-27)17-3-1-4-19(11-17)31-25(35)14-22-5-2-10-37-22;/h1-12,16H,13-15H2,(H,31,35)(H,29,32,33);1H. The predicted octanol–water partition coefficient (Wildman–Crippen LogP) is 6.18. The fourth-order valence-electron chi connectivity index (χ4n) is 4.19. The number of thiazole rings is 1. The first-order valence-corrected chi connectivity index (χ1v) is 13.6. The Labute approximate surface area is 238 Å². The van der Waals surface area contributed by atoms with Gasteiger partial charge in [-0.15, -0.1) is 35.1 Å². The minimum Gasteiger partial charge on any atom is -0.486 e. The highest BCUT2D eigenvalue weighted by Gasteiger charge is 2.18. The number of halogens is 1. The number of fused-ring (bicyclic) bond motifs is 1. The number of carbonyl (C=O) groups excluding carboxylic acids is 2. The summed E-state index contributed by atoms with van der Waals surface area (Å²) in [5.41, 5.74) is 6.49. The van der Waals surface area contributed by atoms with Crippen molar-refractivity contribution in [2.75, 3.05) is 17.2 Å². The van der Waals surface area contributed by atoms with Crippen molar-refractivity contribution in [2.45, 2.75) is 12.8 Å². The molecule has 5 aromatic rings. The third kappa shape index (κ3) is 6.14. The lowest BCUT2D eigenvalue weighted by molar-refractivity contribution is -0.121. The van der Waals surface area contributed by atoms with Gasteiger partial charge in [0.2, 0.25) is 11.9 Å². The van der Waals surface area contributed by atoms with E-state index in [2.05, 4.69) is 20.6 Å². The number of hydrogen-bond acceptors (Lipinski definition) is 9. The molecule has 0 atom stereocenters. The van der Waals surface area contributed by atoms with Crippen molar-refractivity contribution in [2.24, 2.45) is 0 Å². The van der Waals surface area contributed by atoms with Crippen LogP contribution in [0, 0.1) is 0 Å². The first-order valence-electron chi connectivity index (χ1n) is 11.8. The van der Waals surface area contributed by atoms with E-state index in [0.29, 0.717) is 24.5 Å². The van der Waals surface area contributed by atoms with Crippen LogP contribution in [0.5, 0.6) is 5.75 Å². The van der Waals surface area contributed by atoms with Gasteiger partial charge in [-0.05, 0) is 47.8 Å². The van der Waals surface area contributed by atoms with Crippen LogP contribution in [0.15, 0.2) is 77.8 Å². The number of nitrogens with zero attached hydrogens (tertiary/aromatic N) is 3. The van der Waals surface area contributed by atoms with E-state index in [0.717, 1.165) is 43.7 Å². The van der Waals surface area contributed by atoms with Crippen molar-refractivity contribution >= 4 is 64.1 Å². The molecule has 0 spiro atoms. The number of thiophene rings is 1. The lowest BCUT2D eigenvalue weighted by Gasteiger charge is -2.17. The summed E-state index contributed by atoms with van der Waals surface area (Å²) in [5.74, 6) is 1.15. The second kappa shape index (κ2) is 11.7. The second-order valence-corrected chi connectivity index (χ2v) is 10.5. The summed E-state index contributed by atoms with van der Waals surface area (Å²) in [7, 11) is 0. The van der Waals surface area contributed by atoms with Crippen molar-refractivity contribution in [1.82, 2.24) is 15.0 Å². The minimum atomic E-state index is -0.0623. The maximum Gasteiger partial charge on any atom is 0.229 e.